The van der Waals surface area contributed by atoms with Crippen molar-refractivity contribution in [3.05, 3.63) is 47.8 Å². The molecule has 0 saturated carbocycles. The molecule has 2 aromatic carbocycles. The number of fused-ring (bicyclic) bond motifs is 1. The van der Waals surface area contributed by atoms with E-state index in [1.807, 2.05) is 0 Å². The Morgan fingerprint density at radius 3 is 2.80 bits per heavy atom. The third-order valence-corrected chi connectivity index (χ3v) is 4.85. The Balaban J connectivity index is 1.70. The molecule has 0 saturated heterocycles. The van der Waals surface area contributed by atoms with Crippen molar-refractivity contribution in [3.8, 4) is 0 Å². The quantitative estimate of drug-likeness (QED) is 0.710. The Morgan fingerprint density at radius 2 is 2.04 bits per heavy atom. The summed E-state index contributed by atoms with van der Waals surface area (Å²) in [6.45, 7) is 1.06. The van der Waals surface area contributed by atoms with Crippen molar-refractivity contribution in [2.75, 3.05) is 11.9 Å². The number of hydrogen-bond acceptors (Lipinski definition) is 6. The molecular formula is C15H13FN4O4S. The Morgan fingerprint density at radius 1 is 1.24 bits per heavy atom. The first-order valence-electron chi connectivity index (χ1n) is 7.14. The average molecular weight is 364 g/mol. The van der Waals surface area contributed by atoms with Crippen LogP contribution in [-0.2, 0) is 14.8 Å². The molecule has 0 spiro atoms. The summed E-state index contributed by atoms with van der Waals surface area (Å²) >= 11 is 0. The fourth-order valence-electron chi connectivity index (χ4n) is 2.11. The van der Waals surface area contributed by atoms with Gasteiger partial charge in [-0.1, -0.05) is 12.1 Å². The van der Waals surface area contributed by atoms with Crippen LogP contribution in [0.25, 0.3) is 11.0 Å². The second-order valence-corrected chi connectivity index (χ2v) is 6.96. The number of aryl methyl sites for hydroxylation is 1. The van der Waals surface area contributed by atoms with Crippen molar-refractivity contribution in [1.29, 1.82) is 0 Å². The Bertz CT molecular complexity index is 1050. The molecule has 3 rings (SSSR count). The molecule has 0 aliphatic rings. The summed E-state index contributed by atoms with van der Waals surface area (Å²) in [6, 6.07) is 8.53. The molecule has 130 valence electrons. The van der Waals surface area contributed by atoms with Crippen LogP contribution in [-0.4, -0.2) is 31.2 Å². The van der Waals surface area contributed by atoms with E-state index in [1.54, 1.807) is 13.0 Å². The van der Waals surface area contributed by atoms with Crippen LogP contribution in [0, 0.1) is 12.7 Å². The highest BCUT2D eigenvalue weighted by molar-refractivity contribution is 7.89. The van der Waals surface area contributed by atoms with Crippen LogP contribution in [0.4, 0.5) is 10.1 Å². The standard InChI is InChI=1S/C15H13FN4O4S/c1-9-5-6-10(7-11(9)16)18-14(21)8-17-25(22,23)13-4-2-3-12-15(13)20-24-19-12/h2-7,17H,8H2,1H3,(H,18,21). The lowest BCUT2D eigenvalue weighted by Crippen LogP contribution is -2.33. The van der Waals surface area contributed by atoms with Crippen molar-refractivity contribution >= 4 is 32.7 Å². The molecule has 0 radical (unpaired) electrons. The molecular weight excluding hydrogens is 351 g/mol. The average Bonchev–Trinajstić information content (AvgIpc) is 3.05. The highest BCUT2D eigenvalue weighted by Crippen LogP contribution is 2.19. The lowest BCUT2D eigenvalue weighted by atomic mass is 10.2. The Kier molecular flexibility index (Phi) is 4.47. The van der Waals surface area contributed by atoms with Gasteiger partial charge >= 0.3 is 0 Å². The SMILES string of the molecule is Cc1ccc(NC(=O)CNS(=O)(=O)c2cccc3nonc23)cc1F. The molecule has 25 heavy (non-hydrogen) atoms. The number of aromatic nitrogens is 2. The number of halogens is 1. The van der Waals surface area contributed by atoms with Crippen LogP contribution in [0.3, 0.4) is 0 Å². The summed E-state index contributed by atoms with van der Waals surface area (Å²) < 4.78 is 44.8. The van der Waals surface area contributed by atoms with Crippen molar-refractivity contribution in [2.24, 2.45) is 0 Å². The minimum Gasteiger partial charge on any atom is -0.325 e. The minimum atomic E-state index is -4.01. The van der Waals surface area contributed by atoms with E-state index < -0.39 is 28.3 Å². The largest absolute Gasteiger partial charge is 0.325 e. The molecule has 0 unspecified atom stereocenters. The highest BCUT2D eigenvalue weighted by atomic mass is 32.2. The molecule has 3 aromatic rings. The van der Waals surface area contributed by atoms with Gasteiger partial charge in [0.05, 0.1) is 6.54 Å². The molecule has 0 aliphatic heterocycles. The number of sulfonamides is 1. The highest BCUT2D eigenvalue weighted by Gasteiger charge is 2.21. The maximum absolute atomic E-state index is 13.5. The monoisotopic (exact) mass is 364 g/mol. The number of benzene rings is 2. The first-order chi connectivity index (χ1) is 11.9. The molecule has 10 heteroatoms. The van der Waals surface area contributed by atoms with E-state index in [0.717, 1.165) is 6.07 Å². The number of nitrogens with zero attached hydrogens (tertiary/aromatic N) is 2. The molecule has 0 atom stereocenters. The van der Waals surface area contributed by atoms with Gasteiger partial charge in [0, 0.05) is 5.69 Å². The number of amides is 1. The van der Waals surface area contributed by atoms with Gasteiger partial charge in [-0.25, -0.2) is 22.2 Å². The van der Waals surface area contributed by atoms with Gasteiger partial charge in [-0.2, -0.15) is 0 Å². The first-order valence-corrected chi connectivity index (χ1v) is 8.62. The number of nitrogens with one attached hydrogen (secondary N) is 2. The van der Waals surface area contributed by atoms with E-state index in [4.69, 9.17) is 0 Å². The fourth-order valence-corrected chi connectivity index (χ4v) is 3.24. The second-order valence-electron chi connectivity index (χ2n) is 5.22. The maximum atomic E-state index is 13.5. The van der Waals surface area contributed by atoms with Gasteiger partial charge in [0.15, 0.2) is 5.52 Å². The van der Waals surface area contributed by atoms with Crippen LogP contribution in [0.5, 0.6) is 0 Å². The van der Waals surface area contributed by atoms with Gasteiger partial charge in [-0.15, -0.1) is 0 Å². The molecule has 1 amide bonds. The van der Waals surface area contributed by atoms with Crippen molar-refractivity contribution in [2.45, 2.75) is 11.8 Å². The Hall–Kier alpha value is -2.85. The van der Waals surface area contributed by atoms with E-state index in [0.29, 0.717) is 5.56 Å². The lowest BCUT2D eigenvalue weighted by Gasteiger charge is -2.08. The number of carbonyl (C=O) groups excluding carboxylic acids is 1. The third kappa shape index (κ3) is 3.64. The molecule has 1 aromatic heterocycles. The molecule has 0 aliphatic carbocycles. The summed E-state index contributed by atoms with van der Waals surface area (Å²) in [7, 11) is -4.01. The summed E-state index contributed by atoms with van der Waals surface area (Å²) in [5, 5.41) is 9.53. The van der Waals surface area contributed by atoms with Crippen molar-refractivity contribution < 1.29 is 22.2 Å². The van der Waals surface area contributed by atoms with E-state index in [-0.39, 0.29) is 21.6 Å². The zero-order valence-corrected chi connectivity index (χ0v) is 13.8. The molecule has 8 nitrogen and oxygen atoms in total. The summed E-state index contributed by atoms with van der Waals surface area (Å²) in [4.78, 5) is 11.7. The third-order valence-electron chi connectivity index (χ3n) is 3.42. The number of rotatable bonds is 5. The van der Waals surface area contributed by atoms with E-state index in [2.05, 4.69) is 25.0 Å². The van der Waals surface area contributed by atoms with E-state index in [1.165, 1.54) is 24.3 Å². The topological polar surface area (TPSA) is 114 Å². The maximum Gasteiger partial charge on any atom is 0.243 e. The minimum absolute atomic E-state index is 0.0658. The zero-order chi connectivity index (χ0) is 18.0. The van der Waals surface area contributed by atoms with Gasteiger partial charge in [-0.3, -0.25) is 4.79 Å². The predicted molar refractivity (Wildman–Crippen MR) is 86.8 cm³/mol. The van der Waals surface area contributed by atoms with Gasteiger partial charge < -0.3 is 5.32 Å². The van der Waals surface area contributed by atoms with Crippen molar-refractivity contribution in [1.82, 2.24) is 15.0 Å². The smallest absolute Gasteiger partial charge is 0.243 e. The van der Waals surface area contributed by atoms with Crippen LogP contribution < -0.4 is 10.0 Å². The van der Waals surface area contributed by atoms with E-state index in [9.17, 15) is 17.6 Å². The molecule has 0 fully saturated rings. The molecule has 0 bridgehead atoms. The van der Waals surface area contributed by atoms with Crippen LogP contribution in [0.1, 0.15) is 5.56 Å². The van der Waals surface area contributed by atoms with Gasteiger partial charge in [-0.05, 0) is 47.1 Å². The van der Waals surface area contributed by atoms with Crippen LogP contribution in [0.15, 0.2) is 45.9 Å². The lowest BCUT2D eigenvalue weighted by molar-refractivity contribution is -0.115. The van der Waals surface area contributed by atoms with Crippen molar-refractivity contribution in [3.63, 3.8) is 0 Å². The Labute approximate surface area is 142 Å². The first kappa shape index (κ1) is 17.0. The van der Waals surface area contributed by atoms with Gasteiger partial charge in [0.2, 0.25) is 15.9 Å². The summed E-state index contributed by atoms with van der Waals surface area (Å²) in [5.41, 5.74) is 1.02. The molecule has 1 heterocycles. The van der Waals surface area contributed by atoms with Crippen LogP contribution >= 0.6 is 0 Å². The van der Waals surface area contributed by atoms with Crippen LogP contribution in [0.2, 0.25) is 0 Å². The fraction of sp³-hybridized carbons (Fsp3) is 0.133. The molecule has 2 N–H and O–H groups in total. The van der Waals surface area contributed by atoms with E-state index >= 15 is 0 Å². The zero-order valence-electron chi connectivity index (χ0n) is 13.0. The second kappa shape index (κ2) is 6.57. The number of carbonyl (C=O) groups is 1. The summed E-state index contributed by atoms with van der Waals surface area (Å²) in [5.74, 6) is -1.11. The van der Waals surface area contributed by atoms with Gasteiger partial charge in [0.1, 0.15) is 16.2 Å². The summed E-state index contributed by atoms with van der Waals surface area (Å²) in [6.07, 6.45) is 0. The number of hydrogen-bond donors (Lipinski definition) is 2. The predicted octanol–water partition coefficient (Wildman–Crippen LogP) is 1.59. The number of anilines is 1. The van der Waals surface area contributed by atoms with Gasteiger partial charge in [0.25, 0.3) is 0 Å². The normalized spacial score (nSPS) is 11.6.